The number of nitrogens with zero attached hydrogens (tertiary/aromatic N) is 4. The summed E-state index contributed by atoms with van der Waals surface area (Å²) in [5.41, 5.74) is -1.03. The summed E-state index contributed by atoms with van der Waals surface area (Å²) in [5.74, 6) is -0.431. The molecule has 1 atom stereocenters. The molecule has 1 aliphatic rings. The van der Waals surface area contributed by atoms with Crippen LogP contribution in [-0.4, -0.2) is 31.6 Å². The lowest BCUT2D eigenvalue weighted by molar-refractivity contribution is -0.141. The predicted octanol–water partition coefficient (Wildman–Crippen LogP) is 3.77. The molecule has 1 aliphatic heterocycles. The Hall–Kier alpha value is -2.67. The third-order valence-electron chi connectivity index (χ3n) is 4.53. The van der Waals surface area contributed by atoms with Crippen LogP contribution in [0.15, 0.2) is 27.6 Å². The maximum Gasteiger partial charge on any atom is 0.433 e. The fraction of sp³-hybridized carbons (Fsp3) is 0.500. The number of carbonyl (C=O) groups excluding carboxylic acids is 1. The number of pyridine rings is 1. The number of nitrogens with two attached hydrogens (primary N) is 1. The van der Waals surface area contributed by atoms with Crippen molar-refractivity contribution in [2.24, 2.45) is 14.9 Å². The molecule has 0 spiro atoms. The summed E-state index contributed by atoms with van der Waals surface area (Å²) in [5, 5.41) is 12.1. The molecule has 2 amide bonds. The van der Waals surface area contributed by atoms with E-state index in [0.29, 0.717) is 18.7 Å². The second kappa shape index (κ2) is 7.79. The van der Waals surface area contributed by atoms with Gasteiger partial charge in [-0.05, 0) is 17.5 Å². The molecular weight excluding hydrogens is 437 g/mol. The van der Waals surface area contributed by atoms with Crippen LogP contribution in [0, 0.1) is 5.41 Å². The van der Waals surface area contributed by atoms with Gasteiger partial charge in [-0.2, -0.15) is 18.3 Å². The molecule has 0 aromatic carbocycles. The van der Waals surface area contributed by atoms with Crippen LogP contribution in [0.1, 0.15) is 44.9 Å². The zero-order valence-corrected chi connectivity index (χ0v) is 18.2. The van der Waals surface area contributed by atoms with Crippen molar-refractivity contribution in [1.82, 2.24) is 14.8 Å². The Labute approximate surface area is 177 Å². The van der Waals surface area contributed by atoms with Crippen molar-refractivity contribution in [2.45, 2.75) is 51.2 Å². The highest BCUT2D eigenvalue weighted by atomic mass is 32.2. The van der Waals surface area contributed by atoms with E-state index >= 15 is 0 Å². The number of halogens is 3. The lowest BCUT2D eigenvalue weighted by Gasteiger charge is -2.30. The van der Waals surface area contributed by atoms with Gasteiger partial charge in [-0.3, -0.25) is 5.32 Å². The maximum atomic E-state index is 13.0. The lowest BCUT2D eigenvalue weighted by Crippen LogP contribution is -2.33. The number of urea groups is 1. The number of alkyl halides is 3. The molecule has 2 aromatic rings. The molecule has 0 saturated heterocycles. The summed E-state index contributed by atoms with van der Waals surface area (Å²) in [7, 11) is -3.78. The zero-order valence-electron chi connectivity index (χ0n) is 17.4. The third-order valence-corrected chi connectivity index (χ3v) is 5.88. The molecule has 9 nitrogen and oxygen atoms in total. The van der Waals surface area contributed by atoms with Crippen LogP contribution in [0.3, 0.4) is 0 Å². The largest absolute Gasteiger partial charge is 0.476 e. The number of nitrogens with one attached hydrogen (secondary N) is 1. The first kappa shape index (κ1) is 23.0. The summed E-state index contributed by atoms with van der Waals surface area (Å²) >= 11 is 0. The van der Waals surface area contributed by atoms with Crippen molar-refractivity contribution in [3.8, 4) is 5.88 Å². The number of amides is 2. The minimum atomic E-state index is -4.70. The van der Waals surface area contributed by atoms with E-state index < -0.39 is 27.8 Å². The Morgan fingerprint density at radius 1 is 1.39 bits per heavy atom. The number of fused-ring (bicyclic) bond motifs is 1. The van der Waals surface area contributed by atoms with Crippen molar-refractivity contribution in [1.29, 1.82) is 0 Å². The first-order chi connectivity index (χ1) is 14.2. The van der Waals surface area contributed by atoms with Crippen LogP contribution >= 0.6 is 0 Å². The Morgan fingerprint density at radius 3 is 2.68 bits per heavy atom. The van der Waals surface area contributed by atoms with Crippen LogP contribution < -0.4 is 15.2 Å². The van der Waals surface area contributed by atoms with E-state index in [1.807, 2.05) is 13.8 Å². The molecule has 0 aliphatic carbocycles. The van der Waals surface area contributed by atoms with E-state index in [0.717, 1.165) is 6.07 Å². The van der Waals surface area contributed by atoms with Crippen LogP contribution in [0.2, 0.25) is 0 Å². The first-order valence-corrected chi connectivity index (χ1v) is 10.9. The van der Waals surface area contributed by atoms with Gasteiger partial charge in [-0.15, -0.1) is 4.36 Å². The highest BCUT2D eigenvalue weighted by Gasteiger charge is 2.34. The van der Waals surface area contributed by atoms with E-state index in [-0.39, 0.29) is 27.9 Å². The summed E-state index contributed by atoms with van der Waals surface area (Å²) in [6.07, 6.45) is -3.49. The summed E-state index contributed by atoms with van der Waals surface area (Å²) < 4.78 is 62.6. The number of aromatic nitrogens is 3. The molecule has 0 saturated carbocycles. The molecule has 3 N–H and O–H groups in total. The molecular formula is C18H23F3N6O3S. The third kappa shape index (κ3) is 4.98. The predicted molar refractivity (Wildman–Crippen MR) is 107 cm³/mol. The van der Waals surface area contributed by atoms with Crippen molar-refractivity contribution in [3.63, 3.8) is 0 Å². The normalized spacial score (nSPS) is 17.5. The van der Waals surface area contributed by atoms with Gasteiger partial charge in [0.25, 0.3) is 0 Å². The Bertz CT molecular complexity index is 1130. The molecule has 3 heterocycles. The molecule has 3 rings (SSSR count). The van der Waals surface area contributed by atoms with Crippen LogP contribution in [0.25, 0.3) is 0 Å². The molecule has 0 unspecified atom stereocenters. The van der Waals surface area contributed by atoms with E-state index in [1.54, 1.807) is 13.8 Å². The van der Waals surface area contributed by atoms with Crippen molar-refractivity contribution >= 4 is 21.8 Å². The van der Waals surface area contributed by atoms with Gasteiger partial charge >= 0.3 is 12.2 Å². The standard InChI is InChI=1S/C18H23F3N6O3S/c1-10(2)11-5-6-13(18(19,20)21)24-14(11)25-16(28)26-31(22,29)12-7-23-27-8-17(3,4)9-30-15(12)27/h5-7,10H,8-9H2,1-4H3,(H3,22,24,25,26,28,29)/t31-/m0/s1. The highest BCUT2D eigenvalue weighted by Crippen LogP contribution is 2.34. The van der Waals surface area contributed by atoms with Crippen LogP contribution in [0.5, 0.6) is 5.88 Å². The second-order valence-electron chi connectivity index (χ2n) is 8.30. The van der Waals surface area contributed by atoms with E-state index in [2.05, 4.69) is 19.8 Å². The fourth-order valence-electron chi connectivity index (χ4n) is 3.02. The van der Waals surface area contributed by atoms with E-state index in [4.69, 9.17) is 9.88 Å². The average molecular weight is 460 g/mol. The molecule has 170 valence electrons. The van der Waals surface area contributed by atoms with Crippen molar-refractivity contribution < 1.29 is 26.9 Å². The number of hydrogen-bond acceptors (Lipinski definition) is 5. The molecule has 2 aromatic heterocycles. The smallest absolute Gasteiger partial charge is 0.433 e. The Balaban J connectivity index is 1.93. The first-order valence-electron chi connectivity index (χ1n) is 9.32. The summed E-state index contributed by atoms with van der Waals surface area (Å²) in [6.45, 7) is 8.17. The Kier molecular flexibility index (Phi) is 5.78. The zero-order chi connectivity index (χ0) is 23.2. The highest BCUT2D eigenvalue weighted by molar-refractivity contribution is 7.91. The monoisotopic (exact) mass is 460 g/mol. The van der Waals surface area contributed by atoms with Gasteiger partial charge in [0, 0.05) is 5.41 Å². The molecule has 0 radical (unpaired) electrons. The summed E-state index contributed by atoms with van der Waals surface area (Å²) in [6, 6.07) is 0.850. The average Bonchev–Trinajstić information content (AvgIpc) is 3.02. The summed E-state index contributed by atoms with van der Waals surface area (Å²) in [4.78, 5) is 15.8. The topological polar surface area (TPSA) is 124 Å². The minimum Gasteiger partial charge on any atom is -0.476 e. The van der Waals surface area contributed by atoms with E-state index in [9.17, 15) is 22.2 Å². The molecule has 0 fully saturated rings. The lowest BCUT2D eigenvalue weighted by atomic mass is 9.94. The van der Waals surface area contributed by atoms with Crippen molar-refractivity contribution in [2.75, 3.05) is 11.9 Å². The van der Waals surface area contributed by atoms with Crippen LogP contribution in [-0.2, 0) is 22.6 Å². The van der Waals surface area contributed by atoms with Crippen molar-refractivity contribution in [3.05, 3.63) is 29.6 Å². The van der Waals surface area contributed by atoms with Gasteiger partial charge in [0.05, 0.1) is 19.3 Å². The number of hydrogen-bond donors (Lipinski definition) is 2. The molecule has 13 heteroatoms. The number of rotatable bonds is 3. The SMILES string of the molecule is CC(C)c1ccc(C(F)(F)F)nc1NC(=O)N=[S@](N)(=O)c1cnn2c1OCC(C)(C)C2. The van der Waals surface area contributed by atoms with Gasteiger partial charge < -0.3 is 4.74 Å². The minimum absolute atomic E-state index is 0.0702. The quantitative estimate of drug-likeness (QED) is 0.721. The van der Waals surface area contributed by atoms with Gasteiger partial charge in [0.1, 0.15) is 16.4 Å². The van der Waals surface area contributed by atoms with Gasteiger partial charge in [0.2, 0.25) is 5.88 Å². The Morgan fingerprint density at radius 2 is 2.06 bits per heavy atom. The second-order valence-corrected chi connectivity index (χ2v) is 10.1. The molecule has 31 heavy (non-hydrogen) atoms. The maximum absolute atomic E-state index is 13.0. The van der Waals surface area contributed by atoms with Crippen LogP contribution in [0.4, 0.5) is 23.8 Å². The van der Waals surface area contributed by atoms with Gasteiger partial charge in [-0.25, -0.2) is 23.8 Å². The number of ether oxygens (including phenoxy) is 1. The van der Waals surface area contributed by atoms with E-state index in [1.165, 1.54) is 16.9 Å². The fourth-order valence-corrected chi connectivity index (χ4v) is 4.02. The van der Waals surface area contributed by atoms with Gasteiger partial charge in [-0.1, -0.05) is 33.8 Å². The number of anilines is 1. The number of carbonyl (C=O) groups is 1. The molecule has 0 bridgehead atoms. The van der Waals surface area contributed by atoms with Gasteiger partial charge in [0.15, 0.2) is 9.92 Å².